The molecule has 2 atom stereocenters. The molecular weight excluding hydrogens is 258 g/mol. The summed E-state index contributed by atoms with van der Waals surface area (Å²) in [7, 11) is 0. The van der Waals surface area contributed by atoms with E-state index in [1.165, 1.54) is 45.3 Å². The summed E-state index contributed by atoms with van der Waals surface area (Å²) in [4.78, 5) is 2.62. The zero-order valence-electron chi connectivity index (χ0n) is 14.4. The van der Waals surface area contributed by atoms with Crippen molar-refractivity contribution >= 4 is 0 Å². The minimum absolute atomic E-state index is 0.305. The van der Waals surface area contributed by atoms with Crippen molar-refractivity contribution in [2.24, 2.45) is 11.3 Å². The normalized spacial score (nSPS) is 26.5. The Kier molecular flexibility index (Phi) is 5.33. The molecule has 0 aromatic carbocycles. The van der Waals surface area contributed by atoms with Gasteiger partial charge >= 0.3 is 0 Å². The Morgan fingerprint density at radius 1 is 1.14 bits per heavy atom. The van der Waals surface area contributed by atoms with E-state index < -0.39 is 0 Å². The highest BCUT2D eigenvalue weighted by Crippen LogP contribution is 2.33. The Labute approximate surface area is 131 Å². The van der Waals surface area contributed by atoms with E-state index >= 15 is 0 Å². The van der Waals surface area contributed by atoms with Gasteiger partial charge in [0.2, 0.25) is 0 Å². The maximum absolute atomic E-state index is 9.37. The molecule has 0 aromatic heterocycles. The van der Waals surface area contributed by atoms with Gasteiger partial charge in [-0.2, -0.15) is 5.26 Å². The summed E-state index contributed by atoms with van der Waals surface area (Å²) in [6.45, 7) is 12.9. The summed E-state index contributed by atoms with van der Waals surface area (Å²) in [6, 6.07) is 3.09. The molecule has 1 N–H and O–H groups in total. The minimum atomic E-state index is -0.305. The minimum Gasteiger partial charge on any atom is -0.303 e. The topological polar surface area (TPSA) is 39.1 Å². The number of rotatable bonds is 7. The van der Waals surface area contributed by atoms with Crippen LogP contribution < -0.4 is 5.32 Å². The smallest absolute Gasteiger partial charge is 0.104 e. The lowest BCUT2D eigenvalue weighted by atomic mass is 9.80. The number of hydrogen-bond acceptors (Lipinski definition) is 3. The van der Waals surface area contributed by atoms with Gasteiger partial charge in [0.1, 0.15) is 5.54 Å². The van der Waals surface area contributed by atoms with Crippen molar-refractivity contribution < 1.29 is 0 Å². The average Bonchev–Trinajstić information content (AvgIpc) is 3.07. The van der Waals surface area contributed by atoms with Crippen LogP contribution in [0.1, 0.15) is 66.2 Å². The molecular formula is C18H33N3. The molecule has 1 saturated carbocycles. The predicted molar refractivity (Wildman–Crippen MR) is 88.0 cm³/mol. The van der Waals surface area contributed by atoms with Gasteiger partial charge in [0.25, 0.3) is 0 Å². The highest BCUT2D eigenvalue weighted by molar-refractivity contribution is 5.06. The van der Waals surface area contributed by atoms with Crippen LogP contribution in [0.15, 0.2) is 0 Å². The average molecular weight is 291 g/mol. The van der Waals surface area contributed by atoms with E-state index in [-0.39, 0.29) is 5.54 Å². The van der Waals surface area contributed by atoms with Crippen LogP contribution in [0.3, 0.4) is 0 Å². The Morgan fingerprint density at radius 2 is 1.86 bits per heavy atom. The van der Waals surface area contributed by atoms with Crippen LogP contribution >= 0.6 is 0 Å². The lowest BCUT2D eigenvalue weighted by Gasteiger charge is -2.27. The number of nitriles is 1. The fourth-order valence-corrected chi connectivity index (χ4v) is 3.40. The third kappa shape index (κ3) is 5.27. The number of likely N-dealkylation sites (tertiary alicyclic amines) is 1. The van der Waals surface area contributed by atoms with E-state index in [1.54, 1.807) is 0 Å². The lowest BCUT2D eigenvalue weighted by molar-refractivity contribution is 0.226. The fraction of sp³-hybridized carbons (Fsp3) is 0.944. The van der Waals surface area contributed by atoms with Gasteiger partial charge in [0.05, 0.1) is 6.07 Å². The fourth-order valence-electron chi connectivity index (χ4n) is 3.40. The first kappa shape index (κ1) is 16.8. The van der Waals surface area contributed by atoms with Gasteiger partial charge < -0.3 is 4.90 Å². The van der Waals surface area contributed by atoms with Crippen molar-refractivity contribution in [3.8, 4) is 6.07 Å². The van der Waals surface area contributed by atoms with Crippen molar-refractivity contribution in [3.63, 3.8) is 0 Å². The molecule has 0 bridgehead atoms. The molecule has 1 aliphatic carbocycles. The summed E-state index contributed by atoms with van der Waals surface area (Å²) in [5, 5.41) is 12.9. The Morgan fingerprint density at radius 3 is 2.38 bits per heavy atom. The second-order valence-corrected chi connectivity index (χ2v) is 8.47. The number of nitrogens with zero attached hydrogens (tertiary/aromatic N) is 2. The van der Waals surface area contributed by atoms with Crippen molar-refractivity contribution in [1.82, 2.24) is 10.2 Å². The number of nitrogens with one attached hydrogen (secondary N) is 1. The molecule has 3 nitrogen and oxygen atoms in total. The number of unbranched alkanes of at least 4 members (excludes halogenated alkanes) is 1. The van der Waals surface area contributed by atoms with E-state index in [0.29, 0.717) is 11.5 Å². The van der Waals surface area contributed by atoms with Gasteiger partial charge in [-0.25, -0.2) is 0 Å². The summed E-state index contributed by atoms with van der Waals surface area (Å²) in [5.74, 6) is 0.846. The van der Waals surface area contributed by atoms with Crippen molar-refractivity contribution in [2.45, 2.75) is 77.8 Å². The molecule has 0 radical (unpaired) electrons. The van der Waals surface area contributed by atoms with E-state index in [4.69, 9.17) is 0 Å². The largest absolute Gasteiger partial charge is 0.303 e. The molecule has 2 fully saturated rings. The van der Waals surface area contributed by atoms with E-state index in [0.717, 1.165) is 18.8 Å². The standard InChI is InChI=1S/C18H33N3/c1-17(2,3)15-9-12-21(13-15)11-6-5-10-18(4,14-19)20-16-7-8-16/h15-16,20H,5-13H2,1-4H3. The van der Waals surface area contributed by atoms with Crippen LogP contribution in [0, 0.1) is 22.7 Å². The van der Waals surface area contributed by atoms with E-state index in [2.05, 4.69) is 44.0 Å². The van der Waals surface area contributed by atoms with Gasteiger partial charge in [-0.15, -0.1) is 0 Å². The van der Waals surface area contributed by atoms with Crippen molar-refractivity contribution in [2.75, 3.05) is 19.6 Å². The summed E-state index contributed by atoms with van der Waals surface area (Å²) < 4.78 is 0. The number of hydrogen-bond donors (Lipinski definition) is 1. The van der Waals surface area contributed by atoms with Crippen LogP contribution in [0.4, 0.5) is 0 Å². The molecule has 1 aliphatic heterocycles. The van der Waals surface area contributed by atoms with Gasteiger partial charge in [0, 0.05) is 12.6 Å². The molecule has 0 amide bonds. The predicted octanol–water partition coefficient (Wildman–Crippen LogP) is 3.56. The highest BCUT2D eigenvalue weighted by atomic mass is 15.1. The third-order valence-corrected chi connectivity index (χ3v) is 5.25. The van der Waals surface area contributed by atoms with Crippen LogP contribution in [-0.2, 0) is 0 Å². The lowest BCUT2D eigenvalue weighted by Crippen LogP contribution is -2.42. The molecule has 2 aliphatic rings. The summed E-state index contributed by atoms with van der Waals surface area (Å²) in [5.41, 5.74) is 0.141. The van der Waals surface area contributed by atoms with Gasteiger partial charge in [-0.1, -0.05) is 20.8 Å². The van der Waals surface area contributed by atoms with Crippen LogP contribution in [0.25, 0.3) is 0 Å². The van der Waals surface area contributed by atoms with Crippen LogP contribution in [0.5, 0.6) is 0 Å². The molecule has 120 valence electrons. The molecule has 21 heavy (non-hydrogen) atoms. The van der Waals surface area contributed by atoms with Gasteiger partial charge in [0.15, 0.2) is 0 Å². The monoisotopic (exact) mass is 291 g/mol. The quantitative estimate of drug-likeness (QED) is 0.729. The molecule has 0 aromatic rings. The Bertz CT molecular complexity index is 375. The molecule has 0 spiro atoms. The molecule has 1 heterocycles. The van der Waals surface area contributed by atoms with E-state index in [1.807, 2.05) is 0 Å². The van der Waals surface area contributed by atoms with Crippen LogP contribution in [0.2, 0.25) is 0 Å². The maximum atomic E-state index is 9.37. The van der Waals surface area contributed by atoms with Gasteiger partial charge in [-0.3, -0.25) is 5.32 Å². The van der Waals surface area contributed by atoms with Gasteiger partial charge in [-0.05, 0) is 69.9 Å². The SMILES string of the molecule is CC(C#N)(CCCCN1CCC(C(C)(C)C)C1)NC1CC1. The second-order valence-electron chi connectivity index (χ2n) is 8.47. The Balaban J connectivity index is 1.62. The van der Waals surface area contributed by atoms with Crippen LogP contribution in [-0.4, -0.2) is 36.1 Å². The summed E-state index contributed by atoms with van der Waals surface area (Å²) in [6.07, 6.45) is 7.21. The molecule has 3 heteroatoms. The van der Waals surface area contributed by atoms with Crippen molar-refractivity contribution in [1.29, 1.82) is 5.26 Å². The van der Waals surface area contributed by atoms with E-state index in [9.17, 15) is 5.26 Å². The molecule has 2 rings (SSSR count). The summed E-state index contributed by atoms with van der Waals surface area (Å²) >= 11 is 0. The first-order valence-corrected chi connectivity index (χ1v) is 8.74. The third-order valence-electron chi connectivity index (χ3n) is 5.25. The highest BCUT2D eigenvalue weighted by Gasteiger charge is 2.33. The molecule has 1 saturated heterocycles. The maximum Gasteiger partial charge on any atom is 0.104 e. The molecule has 2 unspecified atom stereocenters. The zero-order chi connectivity index (χ0) is 15.5. The zero-order valence-corrected chi connectivity index (χ0v) is 14.4. The first-order valence-electron chi connectivity index (χ1n) is 8.74. The Hall–Kier alpha value is -0.590. The van der Waals surface area contributed by atoms with Crippen molar-refractivity contribution in [3.05, 3.63) is 0 Å². The second kappa shape index (κ2) is 6.67. The first-order chi connectivity index (χ1) is 9.82.